The third-order valence-electron chi connectivity index (χ3n) is 3.22. The van der Waals surface area contributed by atoms with Gasteiger partial charge in [-0.05, 0) is 23.8 Å². The molecule has 124 valence electrons. The molecule has 0 spiro atoms. The van der Waals surface area contributed by atoms with Gasteiger partial charge in [-0.25, -0.2) is 8.42 Å². The molecule has 2 aromatic carbocycles. The van der Waals surface area contributed by atoms with E-state index in [-0.39, 0.29) is 14.9 Å². The average molecular weight is 382 g/mol. The molecule has 0 fully saturated rings. The lowest BCUT2D eigenvalue weighted by Crippen LogP contribution is -2.12. The van der Waals surface area contributed by atoms with Crippen LogP contribution >= 0.6 is 23.2 Å². The lowest BCUT2D eigenvalue weighted by molar-refractivity contribution is 0.601. The summed E-state index contributed by atoms with van der Waals surface area (Å²) in [7, 11) is -3.79. The first-order chi connectivity index (χ1) is 11.4. The molecule has 0 saturated carbocycles. The van der Waals surface area contributed by atoms with E-state index in [0.29, 0.717) is 12.2 Å². The van der Waals surface area contributed by atoms with Crippen LogP contribution in [0.25, 0.3) is 0 Å². The number of benzene rings is 2. The minimum atomic E-state index is -3.79. The zero-order valence-corrected chi connectivity index (χ0v) is 14.7. The van der Waals surface area contributed by atoms with Crippen LogP contribution in [0.5, 0.6) is 0 Å². The lowest BCUT2D eigenvalue weighted by Gasteiger charge is -2.07. The Hall–Kier alpha value is -2.02. The molecular weight excluding hydrogens is 369 g/mol. The van der Waals surface area contributed by atoms with Crippen molar-refractivity contribution in [3.63, 3.8) is 0 Å². The average Bonchev–Trinajstić information content (AvgIpc) is 2.93. The van der Waals surface area contributed by atoms with Gasteiger partial charge in [0.2, 0.25) is 0 Å². The molecule has 1 N–H and O–H groups in total. The van der Waals surface area contributed by atoms with Crippen LogP contribution in [-0.2, 0) is 16.6 Å². The highest BCUT2D eigenvalue weighted by atomic mass is 35.5. The van der Waals surface area contributed by atoms with E-state index >= 15 is 0 Å². The number of aromatic nitrogens is 2. The maximum Gasteiger partial charge on any atom is 0.262 e. The van der Waals surface area contributed by atoms with E-state index in [1.165, 1.54) is 24.4 Å². The van der Waals surface area contributed by atoms with Crippen LogP contribution in [0.1, 0.15) is 5.56 Å². The Morgan fingerprint density at radius 2 is 1.71 bits per heavy atom. The number of halogens is 2. The second kappa shape index (κ2) is 6.84. The summed E-state index contributed by atoms with van der Waals surface area (Å²) < 4.78 is 28.9. The number of nitrogens with zero attached hydrogens (tertiary/aromatic N) is 2. The van der Waals surface area contributed by atoms with Gasteiger partial charge in [0, 0.05) is 16.2 Å². The Balaban J connectivity index is 1.78. The van der Waals surface area contributed by atoms with Gasteiger partial charge in [0.15, 0.2) is 0 Å². The SMILES string of the molecule is O=S(=O)(Nc1cnn(Cc2ccccc2)c1)c1cc(Cl)cc(Cl)c1. The monoisotopic (exact) mass is 381 g/mol. The fourth-order valence-electron chi connectivity index (χ4n) is 2.17. The summed E-state index contributed by atoms with van der Waals surface area (Å²) >= 11 is 11.7. The Kier molecular flexibility index (Phi) is 4.80. The van der Waals surface area contributed by atoms with Crippen molar-refractivity contribution < 1.29 is 8.42 Å². The van der Waals surface area contributed by atoms with Crippen LogP contribution < -0.4 is 4.72 Å². The van der Waals surface area contributed by atoms with Gasteiger partial charge in [0.05, 0.1) is 23.3 Å². The standard InChI is InChI=1S/C16H13Cl2N3O2S/c17-13-6-14(18)8-16(7-13)24(22,23)20-15-9-19-21(11-15)10-12-4-2-1-3-5-12/h1-9,11,20H,10H2. The minimum Gasteiger partial charge on any atom is -0.276 e. The van der Waals surface area contributed by atoms with Gasteiger partial charge in [-0.1, -0.05) is 53.5 Å². The van der Waals surface area contributed by atoms with Crippen LogP contribution in [0, 0.1) is 0 Å². The molecule has 1 heterocycles. The van der Waals surface area contributed by atoms with Crippen LogP contribution in [0.2, 0.25) is 10.0 Å². The third kappa shape index (κ3) is 4.08. The van der Waals surface area contributed by atoms with E-state index in [1.54, 1.807) is 10.9 Å². The summed E-state index contributed by atoms with van der Waals surface area (Å²) in [6, 6.07) is 13.9. The van der Waals surface area contributed by atoms with Gasteiger partial charge in [-0.3, -0.25) is 9.40 Å². The molecule has 0 unspecified atom stereocenters. The van der Waals surface area contributed by atoms with Gasteiger partial charge in [0.25, 0.3) is 10.0 Å². The number of nitrogens with one attached hydrogen (secondary N) is 1. The van der Waals surface area contributed by atoms with Crippen molar-refractivity contribution in [2.45, 2.75) is 11.4 Å². The predicted molar refractivity (Wildman–Crippen MR) is 95.0 cm³/mol. The van der Waals surface area contributed by atoms with Gasteiger partial charge in [0.1, 0.15) is 0 Å². The first kappa shape index (κ1) is 16.8. The molecule has 0 saturated heterocycles. The van der Waals surface area contributed by atoms with Crippen molar-refractivity contribution in [1.29, 1.82) is 0 Å². The fraction of sp³-hybridized carbons (Fsp3) is 0.0625. The lowest BCUT2D eigenvalue weighted by atomic mass is 10.2. The van der Waals surface area contributed by atoms with E-state index in [0.717, 1.165) is 5.56 Å². The number of rotatable bonds is 5. The van der Waals surface area contributed by atoms with Crippen molar-refractivity contribution >= 4 is 38.9 Å². The van der Waals surface area contributed by atoms with E-state index in [9.17, 15) is 8.42 Å². The Labute approximate surface area is 149 Å². The highest BCUT2D eigenvalue weighted by Gasteiger charge is 2.16. The molecule has 3 aromatic rings. The van der Waals surface area contributed by atoms with E-state index in [1.807, 2.05) is 30.3 Å². The highest BCUT2D eigenvalue weighted by molar-refractivity contribution is 7.92. The molecule has 3 rings (SSSR count). The Morgan fingerprint density at radius 1 is 1.04 bits per heavy atom. The largest absolute Gasteiger partial charge is 0.276 e. The molecule has 0 aliphatic rings. The van der Waals surface area contributed by atoms with Gasteiger partial charge >= 0.3 is 0 Å². The summed E-state index contributed by atoms with van der Waals surface area (Å²) in [5.41, 5.74) is 1.43. The van der Waals surface area contributed by atoms with Crippen LogP contribution in [-0.4, -0.2) is 18.2 Å². The normalized spacial score (nSPS) is 11.4. The van der Waals surface area contributed by atoms with Crippen molar-refractivity contribution in [2.24, 2.45) is 0 Å². The minimum absolute atomic E-state index is 0.00388. The van der Waals surface area contributed by atoms with Crippen molar-refractivity contribution in [3.8, 4) is 0 Å². The third-order valence-corrected chi connectivity index (χ3v) is 5.02. The molecule has 0 amide bonds. The summed E-state index contributed by atoms with van der Waals surface area (Å²) in [5, 5.41) is 4.67. The van der Waals surface area contributed by atoms with E-state index < -0.39 is 10.0 Å². The van der Waals surface area contributed by atoms with Gasteiger partial charge in [-0.15, -0.1) is 0 Å². The second-order valence-electron chi connectivity index (χ2n) is 5.12. The summed E-state index contributed by atoms with van der Waals surface area (Å²) in [5.74, 6) is 0. The molecule has 0 radical (unpaired) electrons. The molecule has 0 aliphatic heterocycles. The molecule has 5 nitrogen and oxygen atoms in total. The van der Waals surface area contributed by atoms with Gasteiger partial charge < -0.3 is 0 Å². The number of hydrogen-bond acceptors (Lipinski definition) is 3. The molecule has 1 aromatic heterocycles. The summed E-state index contributed by atoms with van der Waals surface area (Å²) in [6.45, 7) is 0.547. The maximum atomic E-state index is 12.4. The summed E-state index contributed by atoms with van der Waals surface area (Å²) in [4.78, 5) is -0.00388. The number of hydrogen-bond donors (Lipinski definition) is 1. The molecule has 0 bridgehead atoms. The molecule has 0 aliphatic carbocycles. The zero-order chi connectivity index (χ0) is 17.2. The van der Waals surface area contributed by atoms with Crippen LogP contribution in [0.3, 0.4) is 0 Å². The topological polar surface area (TPSA) is 64.0 Å². The predicted octanol–water partition coefficient (Wildman–Crippen LogP) is 4.04. The number of anilines is 1. The fourth-order valence-corrected chi connectivity index (χ4v) is 3.92. The van der Waals surface area contributed by atoms with Crippen molar-refractivity contribution in [3.05, 3.63) is 76.5 Å². The summed E-state index contributed by atoms with van der Waals surface area (Å²) in [6.07, 6.45) is 3.07. The van der Waals surface area contributed by atoms with Crippen molar-refractivity contribution in [1.82, 2.24) is 9.78 Å². The van der Waals surface area contributed by atoms with Crippen LogP contribution in [0.4, 0.5) is 5.69 Å². The van der Waals surface area contributed by atoms with E-state index in [4.69, 9.17) is 23.2 Å². The Bertz CT molecular complexity index is 936. The molecule has 24 heavy (non-hydrogen) atoms. The zero-order valence-electron chi connectivity index (χ0n) is 12.4. The van der Waals surface area contributed by atoms with Crippen LogP contribution in [0.15, 0.2) is 65.8 Å². The number of sulfonamides is 1. The first-order valence-corrected chi connectivity index (χ1v) is 9.21. The smallest absolute Gasteiger partial charge is 0.262 e. The molecule has 0 atom stereocenters. The molecular formula is C16H13Cl2N3O2S. The Morgan fingerprint density at radius 3 is 2.38 bits per heavy atom. The van der Waals surface area contributed by atoms with Crippen molar-refractivity contribution in [2.75, 3.05) is 4.72 Å². The highest BCUT2D eigenvalue weighted by Crippen LogP contribution is 2.24. The van der Waals surface area contributed by atoms with Gasteiger partial charge in [-0.2, -0.15) is 5.10 Å². The molecule has 8 heteroatoms. The second-order valence-corrected chi connectivity index (χ2v) is 7.68. The maximum absolute atomic E-state index is 12.4. The van der Waals surface area contributed by atoms with E-state index in [2.05, 4.69) is 9.82 Å². The quantitative estimate of drug-likeness (QED) is 0.725. The first-order valence-electron chi connectivity index (χ1n) is 6.98.